The lowest BCUT2D eigenvalue weighted by Crippen LogP contribution is -2.32. The van der Waals surface area contributed by atoms with Crippen molar-refractivity contribution in [3.8, 4) is 5.75 Å². The Bertz CT molecular complexity index is 788. The summed E-state index contributed by atoms with van der Waals surface area (Å²) in [6.45, 7) is 0. The number of ether oxygens (including phenoxy) is 1. The van der Waals surface area contributed by atoms with E-state index >= 15 is 0 Å². The van der Waals surface area contributed by atoms with Gasteiger partial charge in [-0.05, 0) is 60.2 Å². The molecule has 1 aliphatic carbocycles. The molecule has 1 aliphatic rings. The van der Waals surface area contributed by atoms with Gasteiger partial charge < -0.3 is 15.8 Å². The summed E-state index contributed by atoms with van der Waals surface area (Å²) < 4.78 is 40.3. The molecule has 3 rings (SSSR count). The van der Waals surface area contributed by atoms with Crippen molar-refractivity contribution in [2.75, 3.05) is 5.73 Å². The minimum absolute atomic E-state index is 0.0697. The van der Waals surface area contributed by atoms with Crippen LogP contribution in [0.2, 0.25) is 0 Å². The van der Waals surface area contributed by atoms with Crippen molar-refractivity contribution in [2.45, 2.75) is 38.1 Å². The number of fused-ring (bicyclic) bond motifs is 1. The summed E-state index contributed by atoms with van der Waals surface area (Å²) in [4.78, 5) is 12.3. The van der Waals surface area contributed by atoms with E-state index in [-0.39, 0.29) is 24.1 Å². The van der Waals surface area contributed by atoms with Crippen LogP contribution in [0.5, 0.6) is 5.75 Å². The number of aryl methyl sites for hydroxylation is 1. The van der Waals surface area contributed by atoms with Gasteiger partial charge in [0.1, 0.15) is 5.75 Å². The Morgan fingerprint density at radius 1 is 1.19 bits per heavy atom. The molecule has 2 aromatic rings. The molecule has 7 heteroatoms. The molecule has 1 unspecified atom stereocenters. The van der Waals surface area contributed by atoms with E-state index in [1.807, 2.05) is 18.2 Å². The van der Waals surface area contributed by atoms with Gasteiger partial charge in [0.25, 0.3) is 0 Å². The third-order valence-corrected chi connectivity index (χ3v) is 4.34. The lowest BCUT2D eigenvalue weighted by molar-refractivity contribution is -0.274. The zero-order valence-corrected chi connectivity index (χ0v) is 14.0. The molecule has 4 nitrogen and oxygen atoms in total. The van der Waals surface area contributed by atoms with E-state index in [4.69, 9.17) is 5.73 Å². The Kier molecular flexibility index (Phi) is 5.06. The molecular formula is C19H19F3N2O2. The van der Waals surface area contributed by atoms with Gasteiger partial charge in [-0.2, -0.15) is 0 Å². The molecule has 138 valence electrons. The van der Waals surface area contributed by atoms with Gasteiger partial charge in [0, 0.05) is 5.69 Å². The molecule has 0 aliphatic heterocycles. The topological polar surface area (TPSA) is 64.3 Å². The van der Waals surface area contributed by atoms with Gasteiger partial charge in [-0.1, -0.05) is 18.2 Å². The molecule has 0 saturated heterocycles. The summed E-state index contributed by atoms with van der Waals surface area (Å²) >= 11 is 0. The number of nitrogens with two attached hydrogens (primary N) is 1. The number of hydrogen-bond acceptors (Lipinski definition) is 3. The largest absolute Gasteiger partial charge is 0.573 e. The maximum Gasteiger partial charge on any atom is 0.573 e. The average Bonchev–Trinajstić information content (AvgIpc) is 2.55. The summed E-state index contributed by atoms with van der Waals surface area (Å²) in [7, 11) is 0. The Balaban J connectivity index is 1.61. The molecule has 2 aromatic carbocycles. The summed E-state index contributed by atoms with van der Waals surface area (Å²) in [5.41, 5.74) is 9.36. The third-order valence-electron chi connectivity index (χ3n) is 4.34. The number of amides is 1. The number of nitrogen functional groups attached to an aromatic ring is 1. The maximum atomic E-state index is 12.3. The Labute approximate surface area is 149 Å². The summed E-state index contributed by atoms with van der Waals surface area (Å²) in [6.07, 6.45) is -1.89. The molecule has 0 bridgehead atoms. The molecular weight excluding hydrogens is 345 g/mol. The predicted molar refractivity (Wildman–Crippen MR) is 91.5 cm³/mol. The first-order chi connectivity index (χ1) is 12.3. The van der Waals surface area contributed by atoms with Gasteiger partial charge in [0.05, 0.1) is 12.5 Å². The fraction of sp³-hybridized carbons (Fsp3) is 0.316. The first kappa shape index (κ1) is 18.1. The Morgan fingerprint density at radius 3 is 2.62 bits per heavy atom. The monoisotopic (exact) mass is 364 g/mol. The van der Waals surface area contributed by atoms with E-state index < -0.39 is 6.36 Å². The van der Waals surface area contributed by atoms with Crippen molar-refractivity contribution in [3.05, 3.63) is 59.2 Å². The van der Waals surface area contributed by atoms with Gasteiger partial charge in [-0.15, -0.1) is 13.2 Å². The predicted octanol–water partition coefficient (Wildman–Crippen LogP) is 3.90. The second-order valence-corrected chi connectivity index (χ2v) is 6.34. The molecule has 0 heterocycles. The lowest BCUT2D eigenvalue weighted by atomic mass is 9.87. The van der Waals surface area contributed by atoms with E-state index in [2.05, 4.69) is 10.1 Å². The number of nitrogens with one attached hydrogen (secondary N) is 1. The van der Waals surface area contributed by atoms with Crippen molar-refractivity contribution in [1.82, 2.24) is 5.32 Å². The second-order valence-electron chi connectivity index (χ2n) is 6.34. The number of carbonyl (C=O) groups is 1. The number of benzene rings is 2. The van der Waals surface area contributed by atoms with Crippen LogP contribution in [0.25, 0.3) is 0 Å². The zero-order valence-electron chi connectivity index (χ0n) is 14.0. The molecule has 3 N–H and O–H groups in total. The van der Waals surface area contributed by atoms with Gasteiger partial charge in [0.2, 0.25) is 5.91 Å². The van der Waals surface area contributed by atoms with Crippen LogP contribution in [-0.2, 0) is 17.6 Å². The van der Waals surface area contributed by atoms with Crippen LogP contribution in [0.4, 0.5) is 18.9 Å². The van der Waals surface area contributed by atoms with Crippen molar-refractivity contribution < 1.29 is 22.7 Å². The highest BCUT2D eigenvalue weighted by molar-refractivity contribution is 5.79. The molecule has 26 heavy (non-hydrogen) atoms. The first-order valence-corrected chi connectivity index (χ1v) is 8.32. The van der Waals surface area contributed by atoms with Crippen LogP contribution >= 0.6 is 0 Å². The minimum Gasteiger partial charge on any atom is -0.406 e. The van der Waals surface area contributed by atoms with Crippen LogP contribution in [0.1, 0.15) is 35.6 Å². The SMILES string of the molecule is Nc1ccc2c(c1)CCCC2NC(=O)Cc1ccc(OC(F)(F)F)cc1. The molecule has 0 saturated carbocycles. The number of anilines is 1. The van der Waals surface area contributed by atoms with Crippen LogP contribution in [-0.4, -0.2) is 12.3 Å². The van der Waals surface area contributed by atoms with Crippen molar-refractivity contribution in [1.29, 1.82) is 0 Å². The van der Waals surface area contributed by atoms with E-state index in [1.54, 1.807) is 0 Å². The standard InChI is InChI=1S/C19H19F3N2O2/c20-19(21,22)26-15-7-4-12(5-8-15)10-18(25)24-17-3-1-2-13-11-14(23)6-9-16(13)17/h4-9,11,17H,1-3,10,23H2,(H,24,25). The third kappa shape index (κ3) is 4.68. The van der Waals surface area contributed by atoms with Gasteiger partial charge in [-0.3, -0.25) is 4.79 Å². The molecule has 0 spiro atoms. The Hall–Kier alpha value is -2.70. The van der Waals surface area contributed by atoms with Crippen LogP contribution < -0.4 is 15.8 Å². The lowest BCUT2D eigenvalue weighted by Gasteiger charge is -2.26. The highest BCUT2D eigenvalue weighted by Gasteiger charge is 2.31. The summed E-state index contributed by atoms with van der Waals surface area (Å²) in [5, 5.41) is 3.00. The fourth-order valence-corrected chi connectivity index (χ4v) is 3.22. The Morgan fingerprint density at radius 2 is 1.92 bits per heavy atom. The van der Waals surface area contributed by atoms with Gasteiger partial charge >= 0.3 is 6.36 Å². The van der Waals surface area contributed by atoms with Crippen molar-refractivity contribution >= 4 is 11.6 Å². The summed E-state index contributed by atoms with van der Waals surface area (Å²) in [5.74, 6) is -0.482. The first-order valence-electron chi connectivity index (χ1n) is 8.32. The van der Waals surface area contributed by atoms with Crippen molar-refractivity contribution in [2.24, 2.45) is 0 Å². The van der Waals surface area contributed by atoms with Crippen molar-refractivity contribution in [3.63, 3.8) is 0 Å². The highest BCUT2D eigenvalue weighted by atomic mass is 19.4. The maximum absolute atomic E-state index is 12.3. The van der Waals surface area contributed by atoms with Crippen LogP contribution in [0.15, 0.2) is 42.5 Å². The second kappa shape index (κ2) is 7.27. The normalized spacial score (nSPS) is 16.7. The number of alkyl halides is 3. The average molecular weight is 364 g/mol. The quantitative estimate of drug-likeness (QED) is 0.809. The molecule has 0 radical (unpaired) electrons. The van der Waals surface area contributed by atoms with Crippen LogP contribution in [0.3, 0.4) is 0 Å². The molecule has 0 fully saturated rings. The van der Waals surface area contributed by atoms with E-state index in [0.29, 0.717) is 11.3 Å². The number of hydrogen-bond donors (Lipinski definition) is 2. The van der Waals surface area contributed by atoms with E-state index in [1.165, 1.54) is 24.3 Å². The molecule has 1 amide bonds. The smallest absolute Gasteiger partial charge is 0.406 e. The zero-order chi connectivity index (χ0) is 18.7. The summed E-state index contributed by atoms with van der Waals surface area (Å²) in [6, 6.07) is 10.9. The van der Waals surface area contributed by atoms with Crippen LogP contribution in [0, 0.1) is 0 Å². The minimum atomic E-state index is -4.73. The number of rotatable bonds is 4. The molecule has 1 atom stereocenters. The van der Waals surface area contributed by atoms with Gasteiger partial charge in [-0.25, -0.2) is 0 Å². The molecule has 0 aromatic heterocycles. The van der Waals surface area contributed by atoms with E-state index in [9.17, 15) is 18.0 Å². The highest BCUT2D eigenvalue weighted by Crippen LogP contribution is 2.31. The van der Waals surface area contributed by atoms with E-state index in [0.717, 1.165) is 30.4 Å². The number of carbonyl (C=O) groups excluding carboxylic acids is 1. The number of halogens is 3. The van der Waals surface area contributed by atoms with Gasteiger partial charge in [0.15, 0.2) is 0 Å². The fourth-order valence-electron chi connectivity index (χ4n) is 3.22.